The predicted molar refractivity (Wildman–Crippen MR) is 114 cm³/mol. The summed E-state index contributed by atoms with van der Waals surface area (Å²) in [5.74, 6) is 1.34. The first-order valence-electron chi connectivity index (χ1n) is 9.17. The van der Waals surface area contributed by atoms with Gasteiger partial charge in [0.1, 0.15) is 30.0 Å². The van der Waals surface area contributed by atoms with E-state index in [2.05, 4.69) is 0 Å². The van der Waals surface area contributed by atoms with Crippen LogP contribution in [0.4, 0.5) is 0 Å². The third-order valence-electron chi connectivity index (χ3n) is 4.49. The molecule has 0 bridgehead atoms. The lowest BCUT2D eigenvalue weighted by molar-refractivity contribution is 0.306. The zero-order chi connectivity index (χ0) is 20.4. The maximum absolute atomic E-state index is 12.8. The summed E-state index contributed by atoms with van der Waals surface area (Å²) >= 11 is 6.16. The number of ether oxygens (including phenoxy) is 2. The number of benzene rings is 3. The van der Waals surface area contributed by atoms with Crippen molar-refractivity contribution in [3.8, 4) is 17.2 Å². The fraction of sp³-hybridized carbons (Fsp3) is 0.125. The van der Waals surface area contributed by atoms with E-state index >= 15 is 0 Å². The molecule has 29 heavy (non-hydrogen) atoms. The van der Waals surface area contributed by atoms with Crippen molar-refractivity contribution >= 4 is 22.6 Å². The summed E-state index contributed by atoms with van der Waals surface area (Å²) in [6.07, 6.45) is 1.33. The van der Waals surface area contributed by atoms with E-state index in [4.69, 9.17) is 25.5 Å². The lowest BCUT2D eigenvalue weighted by Crippen LogP contribution is -2.05. The molecule has 1 aromatic heterocycles. The van der Waals surface area contributed by atoms with Crippen LogP contribution in [0.2, 0.25) is 5.02 Å². The van der Waals surface area contributed by atoms with E-state index in [0.29, 0.717) is 34.1 Å². The van der Waals surface area contributed by atoms with Gasteiger partial charge in [-0.2, -0.15) is 0 Å². The Hall–Kier alpha value is -3.24. The van der Waals surface area contributed by atoms with Gasteiger partial charge in [-0.15, -0.1) is 0 Å². The predicted octanol–water partition coefficient (Wildman–Crippen LogP) is 6.43. The lowest BCUT2D eigenvalue weighted by atomic mass is 10.1. The van der Waals surface area contributed by atoms with Crippen molar-refractivity contribution in [3.63, 3.8) is 0 Å². The summed E-state index contributed by atoms with van der Waals surface area (Å²) in [5.41, 5.74) is 3.20. The maximum Gasteiger partial charge on any atom is 0.235 e. The summed E-state index contributed by atoms with van der Waals surface area (Å²) in [5, 5.41) is 1.07. The van der Waals surface area contributed by atoms with Crippen LogP contribution in [-0.2, 0) is 6.61 Å². The molecule has 146 valence electrons. The van der Waals surface area contributed by atoms with Gasteiger partial charge in [-0.1, -0.05) is 35.9 Å². The summed E-state index contributed by atoms with van der Waals surface area (Å²) in [7, 11) is 0. The molecule has 0 spiro atoms. The minimum Gasteiger partial charge on any atom is -0.489 e. The van der Waals surface area contributed by atoms with Crippen LogP contribution in [0.3, 0.4) is 0 Å². The Morgan fingerprint density at radius 3 is 2.45 bits per heavy atom. The number of hydrogen-bond donors (Lipinski definition) is 0. The molecule has 0 aliphatic heterocycles. The Balaban J connectivity index is 1.58. The smallest absolute Gasteiger partial charge is 0.235 e. The maximum atomic E-state index is 12.8. The topological polar surface area (TPSA) is 48.7 Å². The van der Waals surface area contributed by atoms with E-state index in [-0.39, 0.29) is 11.2 Å². The van der Waals surface area contributed by atoms with Crippen LogP contribution in [0, 0.1) is 13.8 Å². The van der Waals surface area contributed by atoms with Gasteiger partial charge >= 0.3 is 0 Å². The average molecular weight is 407 g/mol. The number of hydrogen-bond acceptors (Lipinski definition) is 4. The van der Waals surface area contributed by atoms with Gasteiger partial charge in [-0.05, 0) is 55.3 Å². The molecule has 0 saturated carbocycles. The van der Waals surface area contributed by atoms with Crippen LogP contribution in [-0.4, -0.2) is 0 Å². The second kappa shape index (κ2) is 8.02. The molecule has 4 nitrogen and oxygen atoms in total. The van der Waals surface area contributed by atoms with Crippen LogP contribution in [0.1, 0.15) is 16.7 Å². The van der Waals surface area contributed by atoms with E-state index in [1.807, 2.05) is 56.3 Å². The molecule has 0 saturated heterocycles. The first kappa shape index (κ1) is 19.1. The Bertz CT molecular complexity index is 1220. The fourth-order valence-electron chi connectivity index (χ4n) is 3.15. The quantitative estimate of drug-likeness (QED) is 0.383. The molecular formula is C24H19ClO4. The zero-order valence-electron chi connectivity index (χ0n) is 16.1. The van der Waals surface area contributed by atoms with Crippen molar-refractivity contribution in [2.75, 3.05) is 0 Å². The van der Waals surface area contributed by atoms with E-state index in [1.165, 1.54) is 6.26 Å². The van der Waals surface area contributed by atoms with Crippen molar-refractivity contribution in [1.82, 2.24) is 0 Å². The Morgan fingerprint density at radius 2 is 1.69 bits per heavy atom. The van der Waals surface area contributed by atoms with Crippen molar-refractivity contribution in [2.24, 2.45) is 0 Å². The molecule has 5 heteroatoms. The van der Waals surface area contributed by atoms with E-state index in [9.17, 15) is 4.79 Å². The van der Waals surface area contributed by atoms with Crippen LogP contribution in [0.5, 0.6) is 17.2 Å². The van der Waals surface area contributed by atoms with Crippen LogP contribution in [0.15, 0.2) is 76.1 Å². The van der Waals surface area contributed by atoms with Crippen molar-refractivity contribution in [1.29, 1.82) is 0 Å². The molecule has 4 aromatic rings. The van der Waals surface area contributed by atoms with E-state index in [0.717, 1.165) is 16.7 Å². The minimum absolute atomic E-state index is 0.146. The number of fused-ring (bicyclic) bond motifs is 1. The normalized spacial score (nSPS) is 10.9. The third-order valence-corrected chi connectivity index (χ3v) is 4.86. The molecular weight excluding hydrogens is 388 g/mol. The first-order chi connectivity index (χ1) is 14.0. The fourth-order valence-corrected chi connectivity index (χ4v) is 3.34. The van der Waals surface area contributed by atoms with Gasteiger partial charge in [0.2, 0.25) is 11.2 Å². The number of halogens is 1. The first-order valence-corrected chi connectivity index (χ1v) is 9.55. The summed E-state index contributed by atoms with van der Waals surface area (Å²) in [4.78, 5) is 12.8. The summed E-state index contributed by atoms with van der Waals surface area (Å²) in [6.45, 7) is 4.28. The van der Waals surface area contributed by atoms with Crippen molar-refractivity contribution < 1.29 is 13.9 Å². The molecule has 0 radical (unpaired) electrons. The highest BCUT2D eigenvalue weighted by atomic mass is 35.5. The Morgan fingerprint density at radius 1 is 0.931 bits per heavy atom. The molecule has 0 N–H and O–H groups in total. The molecule has 0 aliphatic rings. The Kier molecular flexibility index (Phi) is 5.28. The molecule has 4 rings (SSSR count). The van der Waals surface area contributed by atoms with Crippen molar-refractivity contribution in [2.45, 2.75) is 20.5 Å². The molecule has 0 aliphatic carbocycles. The third kappa shape index (κ3) is 4.28. The van der Waals surface area contributed by atoms with Crippen molar-refractivity contribution in [3.05, 3.63) is 98.9 Å². The average Bonchev–Trinajstić information content (AvgIpc) is 2.69. The number of aryl methyl sites for hydroxylation is 2. The highest BCUT2D eigenvalue weighted by Crippen LogP contribution is 2.26. The number of rotatable bonds is 5. The van der Waals surface area contributed by atoms with Crippen LogP contribution in [0.25, 0.3) is 11.0 Å². The lowest BCUT2D eigenvalue weighted by Gasteiger charge is -2.10. The molecule has 0 fully saturated rings. The molecule has 0 unspecified atom stereocenters. The van der Waals surface area contributed by atoms with Gasteiger partial charge in [-0.3, -0.25) is 4.79 Å². The van der Waals surface area contributed by atoms with Gasteiger partial charge in [0.15, 0.2) is 0 Å². The zero-order valence-corrected chi connectivity index (χ0v) is 16.8. The Labute approximate surface area is 173 Å². The molecule has 3 aromatic carbocycles. The minimum atomic E-state index is -0.233. The molecule has 0 amide bonds. The summed E-state index contributed by atoms with van der Waals surface area (Å²) < 4.78 is 17.2. The second-order valence-corrected chi connectivity index (χ2v) is 7.30. The second-order valence-electron chi connectivity index (χ2n) is 6.89. The van der Waals surface area contributed by atoms with Gasteiger partial charge < -0.3 is 13.9 Å². The van der Waals surface area contributed by atoms with Crippen LogP contribution < -0.4 is 14.9 Å². The largest absolute Gasteiger partial charge is 0.489 e. The molecule has 1 heterocycles. The van der Waals surface area contributed by atoms with E-state index < -0.39 is 0 Å². The summed E-state index contributed by atoms with van der Waals surface area (Å²) in [6, 6.07) is 18.4. The standard InChI is InChI=1S/C24H19ClO4/c1-15-9-16(2)11-19(10-15)29-23-14-28-22-12-18(7-8-20(22)24(23)26)27-13-17-5-3-4-6-21(17)25/h3-12,14H,13H2,1-2H3. The monoisotopic (exact) mass is 406 g/mol. The van der Waals surface area contributed by atoms with Gasteiger partial charge in [0, 0.05) is 16.7 Å². The van der Waals surface area contributed by atoms with Gasteiger partial charge in [0.05, 0.1) is 5.39 Å². The molecule has 0 atom stereocenters. The van der Waals surface area contributed by atoms with Crippen LogP contribution >= 0.6 is 11.6 Å². The highest BCUT2D eigenvalue weighted by molar-refractivity contribution is 6.31. The van der Waals surface area contributed by atoms with Gasteiger partial charge in [0.25, 0.3) is 0 Å². The highest BCUT2D eigenvalue weighted by Gasteiger charge is 2.11. The van der Waals surface area contributed by atoms with Gasteiger partial charge in [-0.25, -0.2) is 0 Å². The van der Waals surface area contributed by atoms with E-state index in [1.54, 1.807) is 18.2 Å². The SMILES string of the molecule is Cc1cc(C)cc(Oc2coc3cc(OCc4ccccc4Cl)ccc3c2=O)c1.